The molecular formula is C21H21ClN2O3. The van der Waals surface area contributed by atoms with Crippen molar-refractivity contribution in [1.82, 2.24) is 9.55 Å². The van der Waals surface area contributed by atoms with Crippen LogP contribution >= 0.6 is 11.6 Å². The van der Waals surface area contributed by atoms with Gasteiger partial charge >= 0.3 is 5.97 Å². The molecule has 1 aliphatic rings. The standard InChI is InChI=1S/C21H21ClN2O3/c22-14-8-9-17-16(11-14)18(15-7-4-10-23-20(15)25)19(21(26)27)24(17)12-13-5-2-1-3-6-13/h4,7-11,13H,1-3,5-6,12H2,(H,23,25)(H,26,27). The molecule has 1 aromatic carbocycles. The quantitative estimate of drug-likeness (QED) is 0.669. The first-order valence-corrected chi connectivity index (χ1v) is 9.67. The Kier molecular flexibility index (Phi) is 4.79. The Labute approximate surface area is 161 Å². The zero-order valence-corrected chi connectivity index (χ0v) is 15.6. The molecule has 2 aromatic heterocycles. The molecule has 0 unspecified atom stereocenters. The van der Waals surface area contributed by atoms with Gasteiger partial charge in [0, 0.05) is 39.8 Å². The van der Waals surface area contributed by atoms with Crippen LogP contribution in [0.1, 0.15) is 42.6 Å². The lowest BCUT2D eigenvalue weighted by molar-refractivity contribution is 0.0685. The Morgan fingerprint density at radius 1 is 1.22 bits per heavy atom. The van der Waals surface area contributed by atoms with Crippen molar-refractivity contribution in [2.75, 3.05) is 0 Å². The third kappa shape index (κ3) is 3.28. The molecule has 0 amide bonds. The Morgan fingerprint density at radius 3 is 2.70 bits per heavy atom. The van der Waals surface area contributed by atoms with Gasteiger partial charge in [-0.25, -0.2) is 4.79 Å². The first-order chi connectivity index (χ1) is 13.1. The predicted molar refractivity (Wildman–Crippen MR) is 107 cm³/mol. The van der Waals surface area contributed by atoms with Crippen LogP contribution in [0, 0.1) is 5.92 Å². The van der Waals surface area contributed by atoms with Crippen molar-refractivity contribution in [3.63, 3.8) is 0 Å². The molecule has 0 bridgehead atoms. The molecule has 27 heavy (non-hydrogen) atoms. The number of halogens is 1. The van der Waals surface area contributed by atoms with Gasteiger partial charge in [0.2, 0.25) is 0 Å². The van der Waals surface area contributed by atoms with Gasteiger partial charge in [0.1, 0.15) is 5.69 Å². The second kappa shape index (κ2) is 7.24. The molecule has 4 rings (SSSR count). The van der Waals surface area contributed by atoms with E-state index in [4.69, 9.17) is 11.6 Å². The van der Waals surface area contributed by atoms with Crippen molar-refractivity contribution in [3.8, 4) is 11.1 Å². The highest BCUT2D eigenvalue weighted by molar-refractivity contribution is 6.31. The number of aromatic amines is 1. The van der Waals surface area contributed by atoms with Crippen LogP contribution in [-0.4, -0.2) is 20.6 Å². The van der Waals surface area contributed by atoms with E-state index in [9.17, 15) is 14.7 Å². The molecule has 1 fully saturated rings. The minimum absolute atomic E-state index is 0.162. The smallest absolute Gasteiger partial charge is 0.353 e. The largest absolute Gasteiger partial charge is 0.477 e. The van der Waals surface area contributed by atoms with Crippen molar-refractivity contribution < 1.29 is 9.90 Å². The molecule has 5 nitrogen and oxygen atoms in total. The average molecular weight is 385 g/mol. The minimum Gasteiger partial charge on any atom is -0.477 e. The van der Waals surface area contributed by atoms with E-state index in [0.717, 1.165) is 18.4 Å². The molecule has 1 saturated carbocycles. The highest BCUT2D eigenvalue weighted by Crippen LogP contribution is 2.37. The molecule has 0 saturated heterocycles. The van der Waals surface area contributed by atoms with E-state index in [2.05, 4.69) is 4.98 Å². The maximum atomic E-state index is 12.4. The molecule has 6 heteroatoms. The van der Waals surface area contributed by atoms with Crippen LogP contribution in [0.4, 0.5) is 0 Å². The number of fused-ring (bicyclic) bond motifs is 1. The summed E-state index contributed by atoms with van der Waals surface area (Å²) in [6, 6.07) is 8.74. The van der Waals surface area contributed by atoms with Crippen molar-refractivity contribution in [2.45, 2.75) is 38.6 Å². The van der Waals surface area contributed by atoms with Crippen LogP contribution in [-0.2, 0) is 6.54 Å². The number of carbonyl (C=O) groups is 1. The average Bonchev–Trinajstić information content (AvgIpc) is 2.96. The third-order valence-corrected chi connectivity index (χ3v) is 5.72. The number of nitrogens with one attached hydrogen (secondary N) is 1. The molecule has 140 valence electrons. The molecule has 3 aromatic rings. The maximum Gasteiger partial charge on any atom is 0.353 e. The molecule has 0 spiro atoms. The number of carboxylic acid groups (broad SMARTS) is 1. The van der Waals surface area contributed by atoms with Crippen LogP contribution in [0.5, 0.6) is 0 Å². The highest BCUT2D eigenvalue weighted by Gasteiger charge is 2.27. The second-order valence-electron chi connectivity index (χ2n) is 7.22. The van der Waals surface area contributed by atoms with E-state index in [1.807, 2.05) is 10.6 Å². The molecule has 2 heterocycles. The fourth-order valence-electron chi connectivity index (χ4n) is 4.26. The van der Waals surface area contributed by atoms with Gasteiger partial charge in [-0.05, 0) is 49.1 Å². The number of aromatic carboxylic acids is 1. The maximum absolute atomic E-state index is 12.4. The summed E-state index contributed by atoms with van der Waals surface area (Å²) in [6.07, 6.45) is 7.36. The SMILES string of the molecule is O=C(O)c1c(-c2ccc[nH]c2=O)c2cc(Cl)ccc2n1CC1CCCCC1. The minimum atomic E-state index is -1.03. The summed E-state index contributed by atoms with van der Waals surface area (Å²) in [4.78, 5) is 27.3. The Morgan fingerprint density at radius 2 is 2.00 bits per heavy atom. The summed E-state index contributed by atoms with van der Waals surface area (Å²) in [5.74, 6) is -0.582. The summed E-state index contributed by atoms with van der Waals surface area (Å²) in [7, 11) is 0. The van der Waals surface area contributed by atoms with E-state index in [-0.39, 0.29) is 11.3 Å². The normalized spacial score (nSPS) is 15.3. The van der Waals surface area contributed by atoms with Crippen LogP contribution in [0.15, 0.2) is 41.3 Å². The van der Waals surface area contributed by atoms with Gasteiger partial charge < -0.3 is 14.7 Å². The van der Waals surface area contributed by atoms with Gasteiger partial charge in [-0.15, -0.1) is 0 Å². The summed E-state index contributed by atoms with van der Waals surface area (Å²) < 4.78 is 1.87. The number of benzene rings is 1. The monoisotopic (exact) mass is 384 g/mol. The van der Waals surface area contributed by atoms with E-state index in [0.29, 0.717) is 34.0 Å². The lowest BCUT2D eigenvalue weighted by atomic mass is 9.89. The highest BCUT2D eigenvalue weighted by atomic mass is 35.5. The van der Waals surface area contributed by atoms with Crippen LogP contribution < -0.4 is 5.56 Å². The van der Waals surface area contributed by atoms with Crippen molar-refractivity contribution in [2.24, 2.45) is 5.92 Å². The zero-order chi connectivity index (χ0) is 19.0. The molecule has 0 aliphatic heterocycles. The van der Waals surface area contributed by atoms with Crippen LogP contribution in [0.3, 0.4) is 0 Å². The third-order valence-electron chi connectivity index (χ3n) is 5.48. The number of pyridine rings is 1. The zero-order valence-electron chi connectivity index (χ0n) is 14.9. The van der Waals surface area contributed by atoms with Gasteiger partial charge in [-0.1, -0.05) is 30.9 Å². The number of aromatic nitrogens is 2. The molecule has 1 aliphatic carbocycles. The van der Waals surface area contributed by atoms with Crippen molar-refractivity contribution in [1.29, 1.82) is 0 Å². The van der Waals surface area contributed by atoms with Crippen LogP contribution in [0.25, 0.3) is 22.0 Å². The van der Waals surface area contributed by atoms with Crippen molar-refractivity contribution in [3.05, 3.63) is 57.6 Å². The van der Waals surface area contributed by atoms with Crippen LogP contribution in [0.2, 0.25) is 5.02 Å². The van der Waals surface area contributed by atoms with E-state index >= 15 is 0 Å². The number of carboxylic acids is 1. The lowest BCUT2D eigenvalue weighted by Crippen LogP contribution is -2.18. The second-order valence-corrected chi connectivity index (χ2v) is 7.65. The molecule has 0 radical (unpaired) electrons. The van der Waals surface area contributed by atoms with E-state index < -0.39 is 5.97 Å². The van der Waals surface area contributed by atoms with Gasteiger partial charge in [-0.2, -0.15) is 0 Å². The molecule has 0 atom stereocenters. The predicted octanol–water partition coefficient (Wildman–Crippen LogP) is 4.93. The lowest BCUT2D eigenvalue weighted by Gasteiger charge is -2.23. The van der Waals surface area contributed by atoms with E-state index in [1.165, 1.54) is 19.3 Å². The number of hydrogen-bond acceptors (Lipinski definition) is 2. The topological polar surface area (TPSA) is 75.1 Å². The first-order valence-electron chi connectivity index (χ1n) is 9.29. The fourth-order valence-corrected chi connectivity index (χ4v) is 4.43. The number of nitrogens with zero attached hydrogens (tertiary/aromatic N) is 1. The number of H-pyrrole nitrogens is 1. The Bertz CT molecular complexity index is 1060. The summed E-state index contributed by atoms with van der Waals surface area (Å²) >= 11 is 6.21. The Hall–Kier alpha value is -2.53. The summed E-state index contributed by atoms with van der Waals surface area (Å²) in [5, 5.41) is 11.3. The fraction of sp³-hybridized carbons (Fsp3) is 0.333. The Balaban J connectivity index is 1.99. The molecular weight excluding hydrogens is 364 g/mol. The summed E-state index contributed by atoms with van der Waals surface area (Å²) in [5.41, 5.74) is 1.45. The van der Waals surface area contributed by atoms with E-state index in [1.54, 1.807) is 30.5 Å². The number of rotatable bonds is 4. The van der Waals surface area contributed by atoms with Gasteiger partial charge in [-0.3, -0.25) is 4.79 Å². The van der Waals surface area contributed by atoms with Gasteiger partial charge in [0.25, 0.3) is 5.56 Å². The first kappa shape index (κ1) is 17.9. The molecule has 2 N–H and O–H groups in total. The van der Waals surface area contributed by atoms with Gasteiger partial charge in [0.15, 0.2) is 0 Å². The summed E-state index contributed by atoms with van der Waals surface area (Å²) in [6.45, 7) is 0.643. The van der Waals surface area contributed by atoms with Crippen molar-refractivity contribution >= 4 is 28.5 Å². The number of hydrogen-bond donors (Lipinski definition) is 2. The van der Waals surface area contributed by atoms with Gasteiger partial charge in [0.05, 0.1) is 0 Å².